The summed E-state index contributed by atoms with van der Waals surface area (Å²) in [4.78, 5) is 5.25. The molecular formula is C22H28N2. The monoisotopic (exact) mass is 320 g/mol. The van der Waals surface area contributed by atoms with E-state index in [9.17, 15) is 0 Å². The van der Waals surface area contributed by atoms with Gasteiger partial charge in [0, 0.05) is 11.7 Å². The van der Waals surface area contributed by atoms with Gasteiger partial charge in [-0.25, -0.2) is 0 Å². The zero-order valence-electron chi connectivity index (χ0n) is 15.5. The van der Waals surface area contributed by atoms with E-state index in [2.05, 4.69) is 80.9 Å². The van der Waals surface area contributed by atoms with Crippen molar-refractivity contribution in [3.8, 4) is 0 Å². The zero-order chi connectivity index (χ0) is 17.0. The van der Waals surface area contributed by atoms with Gasteiger partial charge in [-0.2, -0.15) is 0 Å². The van der Waals surface area contributed by atoms with E-state index in [1.165, 1.54) is 46.3 Å². The summed E-state index contributed by atoms with van der Waals surface area (Å²) in [5.74, 6) is 0. The minimum atomic E-state index is 0.398. The highest BCUT2D eigenvalue weighted by atomic mass is 15.4. The maximum atomic E-state index is 2.68. The minimum absolute atomic E-state index is 0.398. The maximum Gasteiger partial charge on any atom is 0.0801 e. The largest absolute Gasteiger partial charge is 0.349 e. The lowest BCUT2D eigenvalue weighted by Crippen LogP contribution is -2.43. The standard InChI is InChI=1S/C22H28N2/c1-14-12-15(2)16(3)22(13-14)24-17(4)23(5)20-10-11-21(24)19-9-7-6-8-18(19)20/h6-9,12-13,17,20-21H,10-11H2,1-5H3/t17-,20?,21?/m0/s1. The summed E-state index contributed by atoms with van der Waals surface area (Å²) in [6.07, 6.45) is 2.89. The first-order chi connectivity index (χ1) is 11.5. The zero-order valence-corrected chi connectivity index (χ0v) is 15.5. The molecule has 2 unspecified atom stereocenters. The fourth-order valence-corrected chi connectivity index (χ4v) is 4.83. The molecule has 0 saturated carbocycles. The van der Waals surface area contributed by atoms with Gasteiger partial charge in [0.05, 0.1) is 12.2 Å². The molecule has 1 fully saturated rings. The Morgan fingerprint density at radius 3 is 2.25 bits per heavy atom. The van der Waals surface area contributed by atoms with E-state index in [4.69, 9.17) is 0 Å². The van der Waals surface area contributed by atoms with Crippen LogP contribution in [0, 0.1) is 20.8 Å². The van der Waals surface area contributed by atoms with Crippen LogP contribution >= 0.6 is 0 Å². The van der Waals surface area contributed by atoms with E-state index in [0.717, 1.165) is 0 Å². The highest BCUT2D eigenvalue weighted by Gasteiger charge is 2.41. The third-order valence-corrected chi connectivity index (χ3v) is 6.31. The topological polar surface area (TPSA) is 6.48 Å². The van der Waals surface area contributed by atoms with Crippen molar-refractivity contribution in [3.05, 3.63) is 64.2 Å². The number of nitrogens with zero attached hydrogens (tertiary/aromatic N) is 2. The molecule has 2 aliphatic heterocycles. The average Bonchev–Trinajstić information content (AvgIpc) is 2.74. The van der Waals surface area contributed by atoms with Crippen molar-refractivity contribution in [1.82, 2.24) is 4.90 Å². The molecular weight excluding hydrogens is 292 g/mol. The summed E-state index contributed by atoms with van der Waals surface area (Å²) < 4.78 is 0. The van der Waals surface area contributed by atoms with Crippen LogP contribution in [0.3, 0.4) is 0 Å². The lowest BCUT2D eigenvalue weighted by molar-refractivity contribution is 0.191. The van der Waals surface area contributed by atoms with Crippen LogP contribution in [-0.2, 0) is 0 Å². The predicted octanol–water partition coefficient (Wildman–Crippen LogP) is 5.29. The second-order valence-corrected chi connectivity index (χ2v) is 7.67. The summed E-state index contributed by atoms with van der Waals surface area (Å²) in [7, 11) is 2.30. The Morgan fingerprint density at radius 2 is 1.54 bits per heavy atom. The van der Waals surface area contributed by atoms with Crippen LogP contribution in [0.15, 0.2) is 36.4 Å². The van der Waals surface area contributed by atoms with Crippen molar-refractivity contribution in [1.29, 1.82) is 0 Å². The highest BCUT2D eigenvalue weighted by Crippen LogP contribution is 2.49. The van der Waals surface area contributed by atoms with Crippen LogP contribution in [0.2, 0.25) is 0 Å². The molecule has 126 valence electrons. The molecule has 0 aromatic heterocycles. The van der Waals surface area contributed by atoms with Crippen LogP contribution < -0.4 is 4.90 Å². The van der Waals surface area contributed by atoms with Gasteiger partial charge < -0.3 is 4.90 Å². The first-order valence-corrected chi connectivity index (χ1v) is 9.16. The van der Waals surface area contributed by atoms with E-state index in [1.807, 2.05) is 0 Å². The fraction of sp³-hybridized carbons (Fsp3) is 0.455. The molecule has 2 aromatic rings. The summed E-state index contributed by atoms with van der Waals surface area (Å²) >= 11 is 0. The van der Waals surface area contributed by atoms with Crippen LogP contribution in [0.4, 0.5) is 5.69 Å². The molecule has 1 aliphatic carbocycles. The lowest BCUT2D eigenvalue weighted by Gasteiger charge is -2.40. The average molecular weight is 320 g/mol. The molecule has 0 amide bonds. The summed E-state index contributed by atoms with van der Waals surface area (Å²) in [5, 5.41) is 0. The van der Waals surface area contributed by atoms with Gasteiger partial charge >= 0.3 is 0 Å². The quantitative estimate of drug-likeness (QED) is 0.705. The van der Waals surface area contributed by atoms with Crippen LogP contribution in [-0.4, -0.2) is 18.1 Å². The molecule has 2 heteroatoms. The second kappa shape index (κ2) is 5.63. The molecule has 2 heterocycles. The van der Waals surface area contributed by atoms with E-state index in [0.29, 0.717) is 18.2 Å². The smallest absolute Gasteiger partial charge is 0.0801 e. The summed E-state index contributed by atoms with van der Waals surface area (Å²) in [6.45, 7) is 9.10. The van der Waals surface area contributed by atoms with Gasteiger partial charge in [0.25, 0.3) is 0 Å². The molecule has 5 rings (SSSR count). The van der Waals surface area contributed by atoms with Gasteiger partial charge in [-0.15, -0.1) is 0 Å². The minimum Gasteiger partial charge on any atom is -0.349 e. The molecule has 0 spiro atoms. The van der Waals surface area contributed by atoms with Crippen LogP contribution in [0.25, 0.3) is 0 Å². The Balaban J connectivity index is 1.93. The van der Waals surface area contributed by atoms with E-state index in [1.54, 1.807) is 0 Å². The third-order valence-electron chi connectivity index (χ3n) is 6.31. The van der Waals surface area contributed by atoms with Crippen molar-refractivity contribution in [3.63, 3.8) is 0 Å². The van der Waals surface area contributed by atoms with Crippen molar-refractivity contribution in [2.45, 2.75) is 58.8 Å². The molecule has 3 aliphatic rings. The predicted molar refractivity (Wildman–Crippen MR) is 102 cm³/mol. The number of rotatable bonds is 1. The van der Waals surface area contributed by atoms with Gasteiger partial charge in [0.2, 0.25) is 0 Å². The lowest BCUT2D eigenvalue weighted by atomic mass is 9.84. The van der Waals surface area contributed by atoms with Gasteiger partial charge in [-0.1, -0.05) is 30.3 Å². The normalized spacial score (nSPS) is 26.4. The Kier molecular flexibility index (Phi) is 3.69. The van der Waals surface area contributed by atoms with E-state index in [-0.39, 0.29) is 0 Å². The molecule has 2 bridgehead atoms. The van der Waals surface area contributed by atoms with Gasteiger partial charge in [0.1, 0.15) is 0 Å². The van der Waals surface area contributed by atoms with Gasteiger partial charge in [-0.3, -0.25) is 4.90 Å². The number of hydrogen-bond donors (Lipinski definition) is 0. The Labute approximate surface area is 146 Å². The van der Waals surface area contributed by atoms with Gasteiger partial charge in [0.15, 0.2) is 0 Å². The fourth-order valence-electron chi connectivity index (χ4n) is 4.83. The number of hydrogen-bond acceptors (Lipinski definition) is 2. The molecule has 1 saturated heterocycles. The molecule has 0 radical (unpaired) electrons. The van der Waals surface area contributed by atoms with Crippen molar-refractivity contribution in [2.24, 2.45) is 0 Å². The first-order valence-electron chi connectivity index (χ1n) is 9.16. The number of fused-ring (bicyclic) bond motifs is 3. The summed E-state index contributed by atoms with van der Waals surface area (Å²) in [6, 6.07) is 14.8. The van der Waals surface area contributed by atoms with Crippen molar-refractivity contribution < 1.29 is 0 Å². The van der Waals surface area contributed by atoms with Crippen molar-refractivity contribution >= 4 is 5.69 Å². The van der Waals surface area contributed by atoms with Crippen molar-refractivity contribution in [2.75, 3.05) is 11.9 Å². The number of aryl methyl sites for hydroxylation is 2. The van der Waals surface area contributed by atoms with Crippen LogP contribution in [0.5, 0.6) is 0 Å². The Bertz CT molecular complexity index is 780. The molecule has 2 aromatic carbocycles. The number of anilines is 1. The van der Waals surface area contributed by atoms with E-state index >= 15 is 0 Å². The summed E-state index contributed by atoms with van der Waals surface area (Å²) in [5.41, 5.74) is 8.65. The van der Waals surface area contributed by atoms with Crippen LogP contribution in [0.1, 0.15) is 59.7 Å². The second-order valence-electron chi connectivity index (χ2n) is 7.67. The molecule has 24 heavy (non-hydrogen) atoms. The highest BCUT2D eigenvalue weighted by molar-refractivity contribution is 5.61. The SMILES string of the molecule is Cc1cc(C)c(C)c(N2C3CCC(c4ccccc43)N(C)[C@@H]2C)c1. The Morgan fingerprint density at radius 1 is 0.917 bits per heavy atom. The first kappa shape index (κ1) is 15.7. The van der Waals surface area contributed by atoms with Gasteiger partial charge in [-0.05, 0) is 81.5 Å². The van der Waals surface area contributed by atoms with E-state index < -0.39 is 0 Å². The maximum absolute atomic E-state index is 2.68. The number of benzene rings is 2. The Hall–Kier alpha value is -1.80. The molecule has 0 N–H and O–H groups in total. The molecule has 2 nitrogen and oxygen atoms in total. The molecule has 3 atom stereocenters. The third kappa shape index (κ3) is 2.20.